The van der Waals surface area contributed by atoms with Crippen molar-refractivity contribution in [2.75, 3.05) is 0 Å². The number of rotatable bonds is 9. The van der Waals surface area contributed by atoms with E-state index in [1.165, 1.54) is 13.8 Å². The van der Waals surface area contributed by atoms with Crippen molar-refractivity contribution in [1.82, 2.24) is 19.9 Å². The molecule has 12 heteroatoms. The molecule has 10 nitrogen and oxygen atoms in total. The summed E-state index contributed by atoms with van der Waals surface area (Å²) < 4.78 is 34.0. The Morgan fingerprint density at radius 2 is 1.04 bits per heavy atom. The van der Waals surface area contributed by atoms with Crippen LogP contribution in [0.4, 0.5) is 0 Å². The molecular weight excluding hydrogens is 667 g/mol. The SMILES string of the molecule is CC(=O)/C=C(/C)[O-].[Ni+3].[O-][Cl+3]([O-])([O-])[O-].c1ccc(-c2cccc(CN(Cc3ccccn3)Cc3cccc(-c4ccccc4)n3)n2)cc1. The number of hydrogen-bond acceptors (Lipinski definition) is 10. The number of carbonyl (C=O) groups is 1. The van der Waals surface area contributed by atoms with Crippen molar-refractivity contribution >= 4 is 5.78 Å². The molecule has 245 valence electrons. The number of ketones is 1. The van der Waals surface area contributed by atoms with E-state index in [4.69, 9.17) is 28.6 Å². The topological polar surface area (TPSA) is 174 Å². The van der Waals surface area contributed by atoms with Gasteiger partial charge in [0.15, 0.2) is 5.78 Å². The number of benzene rings is 2. The van der Waals surface area contributed by atoms with Gasteiger partial charge in [-0.15, -0.1) is 16.0 Å². The first kappa shape index (κ1) is 38.9. The third kappa shape index (κ3) is 16.2. The summed E-state index contributed by atoms with van der Waals surface area (Å²) in [6.45, 7) is 4.82. The van der Waals surface area contributed by atoms with Gasteiger partial charge >= 0.3 is 16.5 Å². The van der Waals surface area contributed by atoms with Crippen LogP contribution in [0, 0.1) is 10.2 Å². The van der Waals surface area contributed by atoms with E-state index >= 15 is 0 Å². The van der Waals surface area contributed by atoms with Gasteiger partial charge < -0.3 is 5.11 Å². The van der Waals surface area contributed by atoms with E-state index in [1.807, 2.05) is 54.7 Å². The second kappa shape index (κ2) is 20.0. The minimum absolute atomic E-state index is 0. The second-order valence-corrected chi connectivity index (χ2v) is 10.7. The quantitative estimate of drug-likeness (QED) is 0.125. The maximum Gasteiger partial charge on any atom is 3.00 e. The summed E-state index contributed by atoms with van der Waals surface area (Å²) in [6, 6.07) is 39.1. The van der Waals surface area contributed by atoms with Gasteiger partial charge in [-0.05, 0) is 49.4 Å². The average Bonchev–Trinajstić information content (AvgIpc) is 3.02. The van der Waals surface area contributed by atoms with Crippen LogP contribution in [0.2, 0.25) is 0 Å². The normalized spacial score (nSPS) is 10.9. The van der Waals surface area contributed by atoms with Gasteiger partial charge in [0.2, 0.25) is 0 Å². The molecule has 0 aliphatic rings. The molecule has 3 heterocycles. The fourth-order valence-electron chi connectivity index (χ4n) is 4.31. The predicted octanol–water partition coefficient (Wildman–Crippen LogP) is 1.49. The van der Waals surface area contributed by atoms with Crippen molar-refractivity contribution in [1.29, 1.82) is 0 Å². The van der Waals surface area contributed by atoms with Crippen LogP contribution >= 0.6 is 0 Å². The van der Waals surface area contributed by atoms with E-state index in [2.05, 4.69) is 76.6 Å². The van der Waals surface area contributed by atoms with Crippen molar-refractivity contribution in [2.45, 2.75) is 33.5 Å². The van der Waals surface area contributed by atoms with Gasteiger partial charge in [-0.3, -0.25) is 24.6 Å². The summed E-state index contributed by atoms with van der Waals surface area (Å²) in [5.74, 6) is -0.375. The molecule has 0 amide bonds. The van der Waals surface area contributed by atoms with Crippen molar-refractivity contribution in [2.24, 2.45) is 0 Å². The fourth-order valence-corrected chi connectivity index (χ4v) is 4.31. The molecule has 1 radical (unpaired) electrons. The van der Waals surface area contributed by atoms with Crippen LogP contribution in [0.1, 0.15) is 30.9 Å². The second-order valence-electron chi connectivity index (χ2n) is 9.97. The Balaban J connectivity index is 0.000000507. The number of halogens is 1. The van der Waals surface area contributed by atoms with Gasteiger partial charge in [0.1, 0.15) is 0 Å². The summed E-state index contributed by atoms with van der Waals surface area (Å²) in [4.78, 5) is 26.8. The molecule has 0 atom stereocenters. The van der Waals surface area contributed by atoms with Gasteiger partial charge in [0, 0.05) is 37.0 Å². The number of nitrogens with zero attached hydrogens (tertiary/aromatic N) is 4. The third-order valence-electron chi connectivity index (χ3n) is 6.04. The van der Waals surface area contributed by atoms with Crippen LogP contribution in [0.3, 0.4) is 0 Å². The maximum absolute atomic E-state index is 9.98. The zero-order valence-corrected chi connectivity index (χ0v) is 27.4. The molecule has 2 aromatic carbocycles. The van der Waals surface area contributed by atoms with Crippen LogP contribution in [-0.4, -0.2) is 25.6 Å². The summed E-state index contributed by atoms with van der Waals surface area (Å²) in [6.07, 6.45) is 2.90. The van der Waals surface area contributed by atoms with Gasteiger partial charge in [0.25, 0.3) is 0 Å². The van der Waals surface area contributed by atoms with Crippen molar-refractivity contribution in [3.63, 3.8) is 0 Å². The molecule has 0 aliphatic heterocycles. The van der Waals surface area contributed by atoms with Crippen molar-refractivity contribution in [3.8, 4) is 22.5 Å². The monoisotopic (exact) mass is 698 g/mol. The third-order valence-corrected chi connectivity index (χ3v) is 6.04. The first-order valence-corrected chi connectivity index (χ1v) is 15.3. The largest absolute Gasteiger partial charge is 3.00 e. The van der Waals surface area contributed by atoms with E-state index in [-0.39, 0.29) is 28.0 Å². The Bertz CT molecular complexity index is 1580. The molecule has 0 N–H and O–H groups in total. The van der Waals surface area contributed by atoms with Crippen LogP contribution in [-0.2, 0) is 40.9 Å². The molecule has 0 spiro atoms. The molecule has 0 saturated carbocycles. The fraction of sp³-hybridized carbons (Fsp3) is 0.143. The standard InChI is InChI=1S/C30H26N4.C5H8O2.ClHO4.Ni/c1-3-11-24(12-4-1)29-18-9-16-27(32-29)22-34(21-26-15-7-8-20-31-26)23-28-17-10-19-30(33-28)25-13-5-2-6-14-25;1-4(6)3-5(2)7;2-1(3,4)5;/h1-20H,21-23H2;3,6H,1-2H3;(H,2,3,4,5);/q;;;+3/p-2/b;4-3-;;. The summed E-state index contributed by atoms with van der Waals surface area (Å²) in [7, 11) is -4.94. The number of allylic oxidation sites excluding steroid dienone is 2. The van der Waals surface area contributed by atoms with Crippen LogP contribution < -0.4 is 23.7 Å². The predicted molar refractivity (Wildman–Crippen MR) is 161 cm³/mol. The molecule has 0 fully saturated rings. The molecule has 5 aromatic rings. The molecule has 5 rings (SSSR count). The van der Waals surface area contributed by atoms with Gasteiger partial charge in [0.05, 0.1) is 28.5 Å². The van der Waals surface area contributed by atoms with E-state index in [1.54, 1.807) is 0 Å². The van der Waals surface area contributed by atoms with E-state index in [0.29, 0.717) is 13.1 Å². The van der Waals surface area contributed by atoms with Gasteiger partial charge in [-0.25, -0.2) is 18.6 Å². The Labute approximate surface area is 286 Å². The number of carbonyl (C=O) groups excluding carboxylic acids is 1. The maximum atomic E-state index is 9.98. The minimum Gasteiger partial charge on any atom is -0.876 e. The number of aromatic nitrogens is 3. The number of hydrogen-bond donors (Lipinski definition) is 0. The van der Waals surface area contributed by atoms with E-state index in [9.17, 15) is 9.90 Å². The van der Waals surface area contributed by atoms with E-state index in [0.717, 1.165) is 52.2 Å². The molecule has 0 saturated heterocycles. The first-order valence-electron chi connectivity index (χ1n) is 14.1. The minimum atomic E-state index is -4.94. The first-order chi connectivity index (χ1) is 22.0. The summed E-state index contributed by atoms with van der Waals surface area (Å²) in [5, 5.41) is 9.98. The smallest absolute Gasteiger partial charge is 0.876 e. The van der Waals surface area contributed by atoms with Crippen molar-refractivity contribution < 1.29 is 55.3 Å². The Hall–Kier alpha value is -4.32. The molecule has 3 aromatic heterocycles. The molecule has 0 unspecified atom stereocenters. The Morgan fingerprint density at radius 1 is 0.638 bits per heavy atom. The van der Waals surface area contributed by atoms with Crippen molar-refractivity contribution in [3.05, 3.63) is 150 Å². The van der Waals surface area contributed by atoms with Crippen LogP contribution in [0.25, 0.3) is 22.5 Å². The number of pyridine rings is 3. The zero-order valence-electron chi connectivity index (χ0n) is 25.7. The molecule has 0 aliphatic carbocycles. The molecule has 0 bridgehead atoms. The van der Waals surface area contributed by atoms with Crippen LogP contribution in [0.5, 0.6) is 0 Å². The van der Waals surface area contributed by atoms with Gasteiger partial charge in [-0.1, -0.05) is 85.8 Å². The summed E-state index contributed by atoms with van der Waals surface area (Å²) >= 11 is 0. The molecule has 47 heavy (non-hydrogen) atoms. The van der Waals surface area contributed by atoms with Crippen LogP contribution in [0.15, 0.2) is 133 Å². The zero-order chi connectivity index (χ0) is 33.4. The Kier molecular flexibility index (Phi) is 16.6. The Morgan fingerprint density at radius 3 is 1.40 bits per heavy atom. The summed E-state index contributed by atoms with van der Waals surface area (Å²) in [5.41, 5.74) is 7.30. The molecular formula is C35H33ClN4NiO6+. The average molecular weight is 700 g/mol. The van der Waals surface area contributed by atoms with E-state index < -0.39 is 10.2 Å². The van der Waals surface area contributed by atoms with Gasteiger partial charge in [-0.2, -0.15) is 0 Å².